The first-order valence-corrected chi connectivity index (χ1v) is 10.9. The van der Waals surface area contributed by atoms with Gasteiger partial charge in [0.2, 0.25) is 0 Å². The van der Waals surface area contributed by atoms with Gasteiger partial charge in [-0.15, -0.1) is 11.8 Å². The zero-order valence-corrected chi connectivity index (χ0v) is 17.4. The van der Waals surface area contributed by atoms with Gasteiger partial charge in [-0.05, 0) is 61.3 Å². The van der Waals surface area contributed by atoms with Crippen molar-refractivity contribution in [3.8, 4) is 0 Å². The third kappa shape index (κ3) is 5.07. The summed E-state index contributed by atoms with van der Waals surface area (Å²) in [7, 11) is 0. The Kier molecular flexibility index (Phi) is 6.84. The lowest BCUT2D eigenvalue weighted by Gasteiger charge is -2.33. The second-order valence-electron chi connectivity index (χ2n) is 7.41. The highest BCUT2D eigenvalue weighted by molar-refractivity contribution is 7.99. The van der Waals surface area contributed by atoms with Gasteiger partial charge in [0.05, 0.1) is 11.6 Å². The molecule has 0 aliphatic carbocycles. The summed E-state index contributed by atoms with van der Waals surface area (Å²) >= 11 is 1.70. The molecule has 1 heterocycles. The molecule has 0 saturated carbocycles. The van der Waals surface area contributed by atoms with Gasteiger partial charge in [0, 0.05) is 23.7 Å². The average molecular weight is 383 g/mol. The fraction of sp³-hybridized carbons (Fsp3) is 0.435. The topological polar surface area (TPSA) is 32.3 Å². The van der Waals surface area contributed by atoms with Crippen LogP contribution in [0.5, 0.6) is 0 Å². The van der Waals surface area contributed by atoms with E-state index >= 15 is 0 Å². The highest BCUT2D eigenvalue weighted by atomic mass is 32.2. The number of anilines is 1. The van der Waals surface area contributed by atoms with Crippen LogP contribution in [-0.4, -0.2) is 24.7 Å². The van der Waals surface area contributed by atoms with Crippen molar-refractivity contribution >= 4 is 23.4 Å². The molecule has 144 valence electrons. The highest BCUT2D eigenvalue weighted by Crippen LogP contribution is 2.26. The molecule has 1 amide bonds. The average Bonchev–Trinajstić information content (AvgIpc) is 2.68. The second kappa shape index (κ2) is 9.32. The Morgan fingerprint density at radius 2 is 1.96 bits per heavy atom. The number of amides is 1. The van der Waals surface area contributed by atoms with Gasteiger partial charge < -0.3 is 10.2 Å². The standard InChI is InChI=1S/C23H30N2OS/c1-4-27-22-10-6-5-9-21(22)23(26)24-18(3)19-11-13-20(14-12-19)25-15-7-8-17(2)16-25/h5-6,9-14,17-18H,4,7-8,15-16H2,1-3H3,(H,24,26)/t17-,18-/m0/s1. The third-order valence-corrected chi connectivity index (χ3v) is 6.15. The maximum atomic E-state index is 12.7. The number of carbonyl (C=O) groups is 1. The van der Waals surface area contributed by atoms with Crippen LogP contribution in [0.3, 0.4) is 0 Å². The predicted molar refractivity (Wildman–Crippen MR) is 116 cm³/mol. The molecule has 2 atom stereocenters. The highest BCUT2D eigenvalue weighted by Gasteiger charge is 2.18. The number of carbonyl (C=O) groups excluding carboxylic acids is 1. The van der Waals surface area contributed by atoms with E-state index < -0.39 is 0 Å². The van der Waals surface area contributed by atoms with Crippen LogP contribution >= 0.6 is 11.8 Å². The third-order valence-electron chi connectivity index (χ3n) is 5.19. The van der Waals surface area contributed by atoms with Crippen LogP contribution in [0.1, 0.15) is 55.6 Å². The molecule has 3 rings (SSSR count). The molecule has 1 aliphatic heterocycles. The van der Waals surface area contributed by atoms with E-state index in [2.05, 4.69) is 48.3 Å². The monoisotopic (exact) mass is 382 g/mol. The van der Waals surface area contributed by atoms with Crippen molar-refractivity contribution in [3.05, 3.63) is 59.7 Å². The molecule has 1 N–H and O–H groups in total. The lowest BCUT2D eigenvalue weighted by atomic mass is 9.99. The number of thioether (sulfide) groups is 1. The van der Waals surface area contributed by atoms with Crippen LogP contribution < -0.4 is 10.2 Å². The second-order valence-corrected chi connectivity index (χ2v) is 8.72. The van der Waals surface area contributed by atoms with E-state index in [9.17, 15) is 4.79 Å². The Morgan fingerprint density at radius 3 is 2.67 bits per heavy atom. The van der Waals surface area contributed by atoms with Crippen molar-refractivity contribution in [3.63, 3.8) is 0 Å². The number of piperidine rings is 1. The largest absolute Gasteiger partial charge is 0.371 e. The normalized spacial score (nSPS) is 18.2. The van der Waals surface area contributed by atoms with Crippen LogP contribution in [0.4, 0.5) is 5.69 Å². The smallest absolute Gasteiger partial charge is 0.252 e. The number of nitrogens with one attached hydrogen (secondary N) is 1. The maximum absolute atomic E-state index is 12.7. The molecule has 0 aromatic heterocycles. The zero-order valence-electron chi connectivity index (χ0n) is 16.6. The van der Waals surface area contributed by atoms with Crippen LogP contribution in [-0.2, 0) is 0 Å². The molecule has 0 bridgehead atoms. The number of hydrogen-bond acceptors (Lipinski definition) is 3. The number of benzene rings is 2. The quantitative estimate of drug-likeness (QED) is 0.667. The SMILES string of the molecule is CCSc1ccccc1C(=O)N[C@@H](C)c1ccc(N2CCC[C@H](C)C2)cc1. The number of hydrogen-bond donors (Lipinski definition) is 1. The van der Waals surface area contributed by atoms with E-state index in [0.717, 1.165) is 40.8 Å². The van der Waals surface area contributed by atoms with Crippen molar-refractivity contribution in [1.82, 2.24) is 5.32 Å². The van der Waals surface area contributed by atoms with Crippen LogP contribution in [0, 0.1) is 5.92 Å². The molecular weight excluding hydrogens is 352 g/mol. The van der Waals surface area contributed by atoms with Crippen molar-refractivity contribution in [2.45, 2.75) is 44.6 Å². The Balaban J connectivity index is 1.66. The van der Waals surface area contributed by atoms with Gasteiger partial charge in [-0.2, -0.15) is 0 Å². The molecule has 0 radical (unpaired) electrons. The molecule has 1 aliphatic rings. The molecule has 4 heteroatoms. The van der Waals surface area contributed by atoms with Crippen LogP contribution in [0.15, 0.2) is 53.4 Å². The lowest BCUT2D eigenvalue weighted by molar-refractivity contribution is 0.0937. The van der Waals surface area contributed by atoms with Gasteiger partial charge in [0.25, 0.3) is 5.91 Å². The zero-order chi connectivity index (χ0) is 19.2. The summed E-state index contributed by atoms with van der Waals surface area (Å²) in [5.74, 6) is 1.71. The van der Waals surface area contributed by atoms with Crippen LogP contribution in [0.25, 0.3) is 0 Å². The van der Waals surface area contributed by atoms with Gasteiger partial charge in [0.15, 0.2) is 0 Å². The minimum Gasteiger partial charge on any atom is -0.371 e. The van der Waals surface area contributed by atoms with Gasteiger partial charge >= 0.3 is 0 Å². The molecular formula is C23H30N2OS. The maximum Gasteiger partial charge on any atom is 0.252 e. The fourth-order valence-corrected chi connectivity index (χ4v) is 4.49. The minimum atomic E-state index is -0.0217. The first kappa shape index (κ1) is 19.8. The molecule has 0 spiro atoms. The molecule has 0 unspecified atom stereocenters. The lowest BCUT2D eigenvalue weighted by Crippen LogP contribution is -2.34. The number of nitrogens with zero attached hydrogens (tertiary/aromatic N) is 1. The van der Waals surface area contributed by atoms with E-state index in [0.29, 0.717) is 0 Å². The van der Waals surface area contributed by atoms with Gasteiger partial charge in [-0.1, -0.05) is 38.1 Å². The van der Waals surface area contributed by atoms with E-state index in [-0.39, 0.29) is 11.9 Å². The summed E-state index contributed by atoms with van der Waals surface area (Å²) < 4.78 is 0. The summed E-state index contributed by atoms with van der Waals surface area (Å²) in [5, 5.41) is 3.15. The molecule has 27 heavy (non-hydrogen) atoms. The summed E-state index contributed by atoms with van der Waals surface area (Å²) in [4.78, 5) is 16.3. The minimum absolute atomic E-state index is 0.00650. The Bertz CT molecular complexity index is 759. The number of rotatable bonds is 6. The molecule has 2 aromatic rings. The van der Waals surface area contributed by atoms with E-state index in [1.54, 1.807) is 11.8 Å². The van der Waals surface area contributed by atoms with Crippen molar-refractivity contribution < 1.29 is 4.79 Å². The summed E-state index contributed by atoms with van der Waals surface area (Å²) in [5.41, 5.74) is 3.18. The fourth-order valence-electron chi connectivity index (χ4n) is 3.69. The van der Waals surface area contributed by atoms with Crippen molar-refractivity contribution in [2.75, 3.05) is 23.7 Å². The Labute approximate surface area is 167 Å². The summed E-state index contributed by atoms with van der Waals surface area (Å²) in [6.07, 6.45) is 2.60. The van der Waals surface area contributed by atoms with E-state index in [4.69, 9.17) is 0 Å². The first-order chi connectivity index (χ1) is 13.1. The Morgan fingerprint density at radius 1 is 1.22 bits per heavy atom. The predicted octanol–water partition coefficient (Wildman–Crippen LogP) is 5.53. The Hall–Kier alpha value is -1.94. The molecule has 1 fully saturated rings. The van der Waals surface area contributed by atoms with Gasteiger partial charge in [-0.3, -0.25) is 4.79 Å². The van der Waals surface area contributed by atoms with Gasteiger partial charge in [0.1, 0.15) is 0 Å². The molecule has 2 aromatic carbocycles. The first-order valence-electron chi connectivity index (χ1n) is 9.96. The molecule has 3 nitrogen and oxygen atoms in total. The van der Waals surface area contributed by atoms with Crippen LogP contribution in [0.2, 0.25) is 0 Å². The van der Waals surface area contributed by atoms with E-state index in [1.165, 1.54) is 18.5 Å². The molecule has 1 saturated heterocycles. The van der Waals surface area contributed by atoms with E-state index in [1.807, 2.05) is 31.2 Å². The van der Waals surface area contributed by atoms with Crippen molar-refractivity contribution in [2.24, 2.45) is 5.92 Å². The summed E-state index contributed by atoms with van der Waals surface area (Å²) in [6.45, 7) is 8.75. The van der Waals surface area contributed by atoms with Gasteiger partial charge in [-0.25, -0.2) is 0 Å². The van der Waals surface area contributed by atoms with Crippen molar-refractivity contribution in [1.29, 1.82) is 0 Å². The summed E-state index contributed by atoms with van der Waals surface area (Å²) in [6, 6.07) is 16.5.